The van der Waals surface area contributed by atoms with Crippen LogP contribution in [0.15, 0.2) is 18.4 Å². The molecule has 0 radical (unpaired) electrons. The summed E-state index contributed by atoms with van der Waals surface area (Å²) >= 11 is 0. The minimum Gasteiger partial charge on any atom is -0.498 e. The molecule has 4 rings (SSSR count). The zero-order valence-electron chi connectivity index (χ0n) is 18.1. The topological polar surface area (TPSA) is 9.23 Å². The number of hydrogen-bond acceptors (Lipinski definition) is 1. The molecule has 0 spiro atoms. The summed E-state index contributed by atoms with van der Waals surface area (Å²) in [6, 6.07) is 3.18. The minimum absolute atomic E-state index is 0.107. The van der Waals surface area contributed by atoms with Crippen LogP contribution < -0.4 is 0 Å². The SMILES string of the molecule is CCCCCC1CCC(c2cc3c(c(F)c2F)-c2c(cc(CCC)c(F)c2F)C3)=CO1. The maximum atomic E-state index is 15.1. The molecule has 1 atom stereocenters. The lowest BCUT2D eigenvalue weighted by atomic mass is 9.93. The van der Waals surface area contributed by atoms with Crippen molar-refractivity contribution in [3.05, 3.63) is 63.9 Å². The van der Waals surface area contributed by atoms with Gasteiger partial charge in [-0.25, -0.2) is 17.6 Å². The van der Waals surface area contributed by atoms with Crippen LogP contribution in [-0.2, 0) is 17.6 Å². The number of hydrogen-bond donors (Lipinski definition) is 0. The Morgan fingerprint density at radius 1 is 0.871 bits per heavy atom. The number of rotatable bonds is 7. The summed E-state index contributed by atoms with van der Waals surface area (Å²) in [4.78, 5) is 0. The Bertz CT molecular complexity index is 1030. The zero-order valence-corrected chi connectivity index (χ0v) is 18.1. The maximum absolute atomic E-state index is 15.1. The second-order valence-corrected chi connectivity index (χ2v) is 8.65. The molecule has 0 saturated heterocycles. The molecule has 0 bridgehead atoms. The fraction of sp³-hybridized carbons (Fsp3) is 0.462. The van der Waals surface area contributed by atoms with Gasteiger partial charge in [-0.1, -0.05) is 39.2 Å². The van der Waals surface area contributed by atoms with Gasteiger partial charge >= 0.3 is 0 Å². The van der Waals surface area contributed by atoms with E-state index in [1.54, 1.807) is 18.4 Å². The van der Waals surface area contributed by atoms with E-state index in [1.165, 1.54) is 0 Å². The van der Waals surface area contributed by atoms with Crippen LogP contribution in [0.5, 0.6) is 0 Å². The van der Waals surface area contributed by atoms with Crippen LogP contribution in [0.2, 0.25) is 0 Å². The number of aryl methyl sites for hydroxylation is 1. The molecule has 1 aliphatic carbocycles. The summed E-state index contributed by atoms with van der Waals surface area (Å²) in [7, 11) is 0. The third kappa shape index (κ3) is 3.99. The number of allylic oxidation sites excluding steroid dienone is 1. The highest BCUT2D eigenvalue weighted by molar-refractivity contribution is 5.81. The normalized spacial score (nSPS) is 17.2. The third-order valence-electron chi connectivity index (χ3n) is 6.42. The van der Waals surface area contributed by atoms with Gasteiger partial charge in [0.25, 0.3) is 0 Å². The molecule has 0 N–H and O–H groups in total. The van der Waals surface area contributed by atoms with E-state index >= 15 is 8.78 Å². The number of halogens is 4. The van der Waals surface area contributed by atoms with Gasteiger partial charge in [-0.05, 0) is 66.9 Å². The molecule has 1 aliphatic heterocycles. The Balaban J connectivity index is 1.66. The van der Waals surface area contributed by atoms with Gasteiger partial charge in [-0.2, -0.15) is 0 Å². The Kier molecular flexibility index (Phi) is 6.40. The van der Waals surface area contributed by atoms with Gasteiger partial charge in [0.2, 0.25) is 0 Å². The van der Waals surface area contributed by atoms with Gasteiger partial charge in [0, 0.05) is 16.7 Å². The van der Waals surface area contributed by atoms with E-state index in [9.17, 15) is 8.78 Å². The molecule has 0 aromatic heterocycles. The lowest BCUT2D eigenvalue weighted by molar-refractivity contribution is 0.116. The highest BCUT2D eigenvalue weighted by atomic mass is 19.2. The molecule has 31 heavy (non-hydrogen) atoms. The molecule has 166 valence electrons. The van der Waals surface area contributed by atoms with Gasteiger partial charge in [0.1, 0.15) is 0 Å². The summed E-state index contributed by atoms with van der Waals surface area (Å²) in [5.74, 6) is -4.18. The lowest BCUT2D eigenvalue weighted by Crippen LogP contribution is -2.15. The van der Waals surface area contributed by atoms with Crippen molar-refractivity contribution in [2.24, 2.45) is 0 Å². The number of fused-ring (bicyclic) bond motifs is 3. The first kappa shape index (κ1) is 21.9. The quantitative estimate of drug-likeness (QED) is 0.273. The summed E-state index contributed by atoms with van der Waals surface area (Å²) in [5, 5.41) is 0. The lowest BCUT2D eigenvalue weighted by Gasteiger charge is -2.24. The second-order valence-electron chi connectivity index (χ2n) is 8.65. The van der Waals surface area contributed by atoms with Crippen molar-refractivity contribution < 1.29 is 22.3 Å². The Morgan fingerprint density at radius 3 is 2.23 bits per heavy atom. The van der Waals surface area contributed by atoms with E-state index in [2.05, 4.69) is 6.92 Å². The third-order valence-corrected chi connectivity index (χ3v) is 6.42. The Morgan fingerprint density at radius 2 is 1.58 bits per heavy atom. The second kappa shape index (κ2) is 9.05. The van der Waals surface area contributed by atoms with Crippen LogP contribution in [-0.4, -0.2) is 6.10 Å². The standard InChI is InChI=1S/C26H28F4O/c1-3-5-6-8-19-10-9-16(14-31-19)20-13-18-12-17-11-15(7-4-2)23(27)25(29)21(17)22(18)26(30)24(20)28/h11,13-14,19H,3-10,12H2,1-2H3. The van der Waals surface area contributed by atoms with Gasteiger partial charge in [0.05, 0.1) is 12.4 Å². The number of benzene rings is 2. The minimum atomic E-state index is -1.11. The van der Waals surface area contributed by atoms with Crippen LogP contribution in [0.25, 0.3) is 16.7 Å². The first-order valence-electron chi connectivity index (χ1n) is 11.3. The Hall–Kier alpha value is -2.30. The van der Waals surface area contributed by atoms with Crippen molar-refractivity contribution >= 4 is 5.57 Å². The average Bonchev–Trinajstić information content (AvgIpc) is 3.14. The molecule has 2 aliphatic rings. The predicted molar refractivity (Wildman–Crippen MR) is 115 cm³/mol. The molecule has 2 aromatic rings. The van der Waals surface area contributed by atoms with Crippen molar-refractivity contribution in [1.29, 1.82) is 0 Å². The summed E-state index contributed by atoms with van der Waals surface area (Å²) in [6.07, 6.45) is 8.68. The van der Waals surface area contributed by atoms with E-state index in [1.807, 2.05) is 6.92 Å². The monoisotopic (exact) mass is 432 g/mol. The summed E-state index contributed by atoms with van der Waals surface area (Å²) in [5.41, 5.74) is 1.77. The molecule has 5 heteroatoms. The summed E-state index contributed by atoms with van der Waals surface area (Å²) in [6.45, 7) is 4.03. The molecular formula is C26H28F4O. The van der Waals surface area contributed by atoms with Gasteiger partial charge < -0.3 is 4.74 Å². The maximum Gasteiger partial charge on any atom is 0.167 e. The molecule has 1 heterocycles. The molecule has 2 aromatic carbocycles. The summed E-state index contributed by atoms with van der Waals surface area (Å²) < 4.78 is 65.2. The molecule has 0 saturated carbocycles. The molecule has 1 unspecified atom stereocenters. The fourth-order valence-electron chi connectivity index (χ4n) is 4.78. The van der Waals surface area contributed by atoms with Crippen LogP contribution >= 0.6 is 0 Å². The first-order chi connectivity index (χ1) is 15.0. The van der Waals surface area contributed by atoms with Gasteiger partial charge in [-0.3, -0.25) is 0 Å². The van der Waals surface area contributed by atoms with Crippen LogP contribution in [0.4, 0.5) is 17.6 Å². The van der Waals surface area contributed by atoms with E-state index in [-0.39, 0.29) is 34.8 Å². The van der Waals surface area contributed by atoms with Crippen molar-refractivity contribution in [1.82, 2.24) is 0 Å². The first-order valence-corrected chi connectivity index (χ1v) is 11.3. The fourth-order valence-corrected chi connectivity index (χ4v) is 4.78. The van der Waals surface area contributed by atoms with Crippen molar-refractivity contribution in [2.75, 3.05) is 0 Å². The van der Waals surface area contributed by atoms with Crippen molar-refractivity contribution in [3.8, 4) is 11.1 Å². The van der Waals surface area contributed by atoms with Crippen LogP contribution in [0.3, 0.4) is 0 Å². The van der Waals surface area contributed by atoms with Crippen molar-refractivity contribution in [3.63, 3.8) is 0 Å². The average molecular weight is 433 g/mol. The van der Waals surface area contributed by atoms with E-state index < -0.39 is 23.3 Å². The largest absolute Gasteiger partial charge is 0.498 e. The number of ether oxygens (including phenoxy) is 1. The van der Waals surface area contributed by atoms with Crippen molar-refractivity contribution in [2.45, 2.75) is 77.7 Å². The van der Waals surface area contributed by atoms with E-state index in [0.717, 1.165) is 32.1 Å². The Labute approximate surface area is 181 Å². The van der Waals surface area contributed by atoms with E-state index in [0.29, 0.717) is 36.0 Å². The molecular weight excluding hydrogens is 404 g/mol. The highest BCUT2D eigenvalue weighted by Gasteiger charge is 2.32. The molecule has 1 nitrogen and oxygen atoms in total. The van der Waals surface area contributed by atoms with Gasteiger partial charge in [-0.15, -0.1) is 0 Å². The van der Waals surface area contributed by atoms with Crippen LogP contribution in [0, 0.1) is 23.3 Å². The zero-order chi connectivity index (χ0) is 22.1. The van der Waals surface area contributed by atoms with Crippen LogP contribution in [0.1, 0.15) is 81.0 Å². The highest BCUT2D eigenvalue weighted by Crippen LogP contribution is 2.45. The number of unbranched alkanes of at least 4 members (excludes halogenated alkanes) is 2. The molecule has 0 fully saturated rings. The van der Waals surface area contributed by atoms with E-state index in [4.69, 9.17) is 4.74 Å². The van der Waals surface area contributed by atoms with Gasteiger partial charge in [0.15, 0.2) is 23.3 Å². The predicted octanol–water partition coefficient (Wildman–Crippen LogP) is 7.87. The smallest absolute Gasteiger partial charge is 0.167 e. The molecule has 0 amide bonds.